The topological polar surface area (TPSA) is 29.5 Å². The van der Waals surface area contributed by atoms with Crippen LogP contribution in [0.1, 0.15) is 40.0 Å². The van der Waals surface area contributed by atoms with Gasteiger partial charge < -0.3 is 4.74 Å². The van der Waals surface area contributed by atoms with E-state index in [1.165, 1.54) is 0 Å². The normalized spacial score (nSPS) is 34.2. The molecule has 1 heterocycles. The summed E-state index contributed by atoms with van der Waals surface area (Å²) in [6.45, 7) is 9.97. The lowest BCUT2D eigenvalue weighted by Crippen LogP contribution is -2.47. The molecule has 0 N–H and O–H groups in total. The molecule has 17 heavy (non-hydrogen) atoms. The number of carbonyl (C=O) groups is 1. The number of hydrogen-bond acceptors (Lipinski definition) is 3. The third-order valence-corrected chi connectivity index (χ3v) is 4.43. The Bertz CT molecular complexity index is 288. The van der Waals surface area contributed by atoms with Crippen molar-refractivity contribution in [1.29, 1.82) is 0 Å². The molecule has 0 aromatic heterocycles. The third kappa shape index (κ3) is 2.71. The molecule has 2 atom stereocenters. The van der Waals surface area contributed by atoms with Crippen LogP contribution < -0.4 is 0 Å². The molecule has 2 rings (SSSR count). The van der Waals surface area contributed by atoms with Gasteiger partial charge in [-0.1, -0.05) is 20.8 Å². The van der Waals surface area contributed by atoms with Crippen LogP contribution in [0.15, 0.2) is 0 Å². The molecule has 2 aliphatic rings. The molecule has 1 aliphatic heterocycles. The SMILES string of the molecule is CCC1COCCN1CC1CCC(C)(C)C1=O. The van der Waals surface area contributed by atoms with Crippen molar-refractivity contribution >= 4 is 5.78 Å². The van der Waals surface area contributed by atoms with Crippen LogP contribution in [0, 0.1) is 11.3 Å². The highest BCUT2D eigenvalue weighted by atomic mass is 16.5. The number of hydrogen-bond donors (Lipinski definition) is 0. The largest absolute Gasteiger partial charge is 0.378 e. The molecule has 2 unspecified atom stereocenters. The van der Waals surface area contributed by atoms with Crippen LogP contribution >= 0.6 is 0 Å². The van der Waals surface area contributed by atoms with Crippen molar-refractivity contribution in [3.05, 3.63) is 0 Å². The van der Waals surface area contributed by atoms with E-state index >= 15 is 0 Å². The van der Waals surface area contributed by atoms with Crippen molar-refractivity contribution in [2.45, 2.75) is 46.1 Å². The third-order valence-electron chi connectivity index (χ3n) is 4.43. The average Bonchev–Trinajstić information content (AvgIpc) is 2.57. The molecule has 1 aliphatic carbocycles. The Kier molecular flexibility index (Phi) is 3.88. The van der Waals surface area contributed by atoms with Crippen LogP contribution in [0.3, 0.4) is 0 Å². The molecule has 3 nitrogen and oxygen atoms in total. The quantitative estimate of drug-likeness (QED) is 0.755. The Balaban J connectivity index is 1.94. The van der Waals surface area contributed by atoms with Gasteiger partial charge in [0.2, 0.25) is 0 Å². The first-order valence-corrected chi connectivity index (χ1v) is 6.90. The summed E-state index contributed by atoms with van der Waals surface area (Å²) in [5, 5.41) is 0. The van der Waals surface area contributed by atoms with Gasteiger partial charge in [0, 0.05) is 30.5 Å². The van der Waals surface area contributed by atoms with E-state index in [1.54, 1.807) is 0 Å². The van der Waals surface area contributed by atoms with Crippen LogP contribution in [0.2, 0.25) is 0 Å². The summed E-state index contributed by atoms with van der Waals surface area (Å²) < 4.78 is 5.51. The number of ketones is 1. The van der Waals surface area contributed by atoms with Gasteiger partial charge in [0.1, 0.15) is 5.78 Å². The monoisotopic (exact) mass is 239 g/mol. The fourth-order valence-electron chi connectivity index (χ4n) is 3.10. The minimum absolute atomic E-state index is 0.0847. The predicted octanol–water partition coefficient (Wildman–Crippen LogP) is 2.10. The Morgan fingerprint density at radius 3 is 2.82 bits per heavy atom. The maximum Gasteiger partial charge on any atom is 0.142 e. The molecule has 0 aromatic carbocycles. The van der Waals surface area contributed by atoms with Crippen LogP contribution in [-0.2, 0) is 9.53 Å². The van der Waals surface area contributed by atoms with Gasteiger partial charge in [0.15, 0.2) is 0 Å². The summed E-state index contributed by atoms with van der Waals surface area (Å²) in [5.41, 5.74) is -0.0847. The van der Waals surface area contributed by atoms with Gasteiger partial charge in [-0.25, -0.2) is 0 Å². The number of morpholine rings is 1. The fourth-order valence-corrected chi connectivity index (χ4v) is 3.10. The number of carbonyl (C=O) groups excluding carboxylic acids is 1. The van der Waals surface area contributed by atoms with Crippen LogP contribution in [-0.4, -0.2) is 43.0 Å². The summed E-state index contributed by atoms with van der Waals surface area (Å²) >= 11 is 0. The molecule has 1 saturated heterocycles. The molecule has 0 aromatic rings. The van der Waals surface area contributed by atoms with Gasteiger partial charge in [-0.05, 0) is 19.3 Å². The molecular weight excluding hydrogens is 214 g/mol. The molecule has 3 heteroatoms. The van der Waals surface area contributed by atoms with Crippen molar-refractivity contribution in [3.8, 4) is 0 Å². The van der Waals surface area contributed by atoms with Crippen molar-refractivity contribution in [3.63, 3.8) is 0 Å². The van der Waals surface area contributed by atoms with Crippen molar-refractivity contribution in [2.24, 2.45) is 11.3 Å². The van der Waals surface area contributed by atoms with E-state index in [2.05, 4.69) is 25.7 Å². The van der Waals surface area contributed by atoms with Gasteiger partial charge in [0.25, 0.3) is 0 Å². The number of nitrogens with zero attached hydrogens (tertiary/aromatic N) is 1. The maximum atomic E-state index is 12.2. The number of Topliss-reactive ketones (excluding diaryl/α,β-unsaturated/α-hetero) is 1. The van der Waals surface area contributed by atoms with Gasteiger partial charge in [-0.15, -0.1) is 0 Å². The van der Waals surface area contributed by atoms with Crippen molar-refractivity contribution in [2.75, 3.05) is 26.3 Å². The van der Waals surface area contributed by atoms with Crippen LogP contribution in [0.4, 0.5) is 0 Å². The van der Waals surface area contributed by atoms with E-state index in [4.69, 9.17) is 4.74 Å². The highest BCUT2D eigenvalue weighted by molar-refractivity contribution is 5.88. The first-order chi connectivity index (χ1) is 8.04. The van der Waals surface area contributed by atoms with E-state index in [-0.39, 0.29) is 11.3 Å². The zero-order chi connectivity index (χ0) is 12.5. The molecule has 0 radical (unpaired) electrons. The Hall–Kier alpha value is -0.410. The minimum atomic E-state index is -0.0847. The van der Waals surface area contributed by atoms with Gasteiger partial charge in [-0.2, -0.15) is 0 Å². The van der Waals surface area contributed by atoms with Crippen molar-refractivity contribution < 1.29 is 9.53 Å². The predicted molar refractivity (Wildman–Crippen MR) is 68.0 cm³/mol. The van der Waals surface area contributed by atoms with E-state index in [0.29, 0.717) is 11.8 Å². The standard InChI is InChI=1S/C14H25NO2/c1-4-12-10-17-8-7-15(12)9-11-5-6-14(2,3)13(11)16/h11-12H,4-10H2,1-3H3. The zero-order valence-corrected chi connectivity index (χ0v) is 11.4. The van der Waals surface area contributed by atoms with E-state index in [1.807, 2.05) is 0 Å². The first-order valence-electron chi connectivity index (χ1n) is 6.90. The molecule has 0 amide bonds. The molecule has 0 bridgehead atoms. The smallest absolute Gasteiger partial charge is 0.142 e. The number of rotatable bonds is 3. The molecular formula is C14H25NO2. The maximum absolute atomic E-state index is 12.2. The van der Waals surface area contributed by atoms with Gasteiger partial charge in [-0.3, -0.25) is 9.69 Å². The average molecular weight is 239 g/mol. The second-order valence-electron chi connectivity index (χ2n) is 6.12. The Morgan fingerprint density at radius 1 is 1.47 bits per heavy atom. The van der Waals surface area contributed by atoms with Crippen LogP contribution in [0.25, 0.3) is 0 Å². The Labute approximate surface area is 105 Å². The van der Waals surface area contributed by atoms with Crippen LogP contribution in [0.5, 0.6) is 0 Å². The molecule has 2 fully saturated rings. The first kappa shape index (κ1) is 13.0. The van der Waals surface area contributed by atoms with E-state index in [9.17, 15) is 4.79 Å². The zero-order valence-electron chi connectivity index (χ0n) is 11.4. The second kappa shape index (κ2) is 5.07. The van der Waals surface area contributed by atoms with Gasteiger partial charge in [0.05, 0.1) is 13.2 Å². The summed E-state index contributed by atoms with van der Waals surface area (Å²) in [6.07, 6.45) is 3.24. The summed E-state index contributed by atoms with van der Waals surface area (Å²) in [4.78, 5) is 14.7. The highest BCUT2D eigenvalue weighted by Crippen LogP contribution is 2.38. The summed E-state index contributed by atoms with van der Waals surface area (Å²) in [6, 6.07) is 0.514. The number of ether oxygens (including phenoxy) is 1. The lowest BCUT2D eigenvalue weighted by molar-refractivity contribution is -0.128. The van der Waals surface area contributed by atoms with Crippen molar-refractivity contribution in [1.82, 2.24) is 4.90 Å². The lowest BCUT2D eigenvalue weighted by atomic mass is 9.89. The van der Waals surface area contributed by atoms with E-state index < -0.39 is 0 Å². The molecule has 98 valence electrons. The molecule has 1 saturated carbocycles. The highest BCUT2D eigenvalue weighted by Gasteiger charge is 2.41. The molecule has 0 spiro atoms. The fraction of sp³-hybridized carbons (Fsp3) is 0.929. The summed E-state index contributed by atoms with van der Waals surface area (Å²) in [5.74, 6) is 0.732. The summed E-state index contributed by atoms with van der Waals surface area (Å²) in [7, 11) is 0. The van der Waals surface area contributed by atoms with Gasteiger partial charge >= 0.3 is 0 Å². The Morgan fingerprint density at radius 2 is 2.24 bits per heavy atom. The minimum Gasteiger partial charge on any atom is -0.378 e. The lowest BCUT2D eigenvalue weighted by Gasteiger charge is -2.36. The second-order valence-corrected chi connectivity index (χ2v) is 6.12. The van der Waals surface area contributed by atoms with E-state index in [0.717, 1.165) is 45.6 Å².